The molecule has 27 heavy (non-hydrogen) atoms. The summed E-state index contributed by atoms with van der Waals surface area (Å²) in [6.07, 6.45) is 0. The number of nitrogen functional groups attached to an aromatic ring is 1. The van der Waals surface area contributed by atoms with Gasteiger partial charge in [-0.25, -0.2) is 20.8 Å². The summed E-state index contributed by atoms with van der Waals surface area (Å²) < 4.78 is 1.90. The van der Waals surface area contributed by atoms with Crippen molar-refractivity contribution in [1.29, 1.82) is 0 Å². The molecule has 2 heterocycles. The number of aryl methyl sites for hydroxylation is 2. The standard InChI is InChI=1S/C20H18N6O/c1-12-8-10-14(11-9-12)18-23-17(20(27)25-21)16-19(24-18)26(13(2)22-16)15-6-4-3-5-7-15/h3-11H,21H2,1-2H3,(H,25,27). The maximum absolute atomic E-state index is 12.3. The highest BCUT2D eigenvalue weighted by molar-refractivity contribution is 6.03. The number of fused-ring (bicyclic) bond motifs is 1. The molecule has 7 nitrogen and oxygen atoms in total. The van der Waals surface area contributed by atoms with Gasteiger partial charge in [-0.2, -0.15) is 0 Å². The van der Waals surface area contributed by atoms with E-state index in [1.165, 1.54) is 0 Å². The van der Waals surface area contributed by atoms with E-state index in [9.17, 15) is 4.79 Å². The van der Waals surface area contributed by atoms with Gasteiger partial charge >= 0.3 is 0 Å². The molecule has 0 radical (unpaired) electrons. The molecular formula is C20H18N6O. The number of nitrogens with one attached hydrogen (secondary N) is 1. The predicted octanol–water partition coefficient (Wildman–Crippen LogP) is 2.70. The molecule has 2 aromatic carbocycles. The molecule has 134 valence electrons. The number of carbonyl (C=O) groups excluding carboxylic acids is 1. The molecule has 7 heteroatoms. The Hall–Kier alpha value is -3.58. The number of aromatic nitrogens is 4. The summed E-state index contributed by atoms with van der Waals surface area (Å²) >= 11 is 0. The summed E-state index contributed by atoms with van der Waals surface area (Å²) in [7, 11) is 0. The summed E-state index contributed by atoms with van der Waals surface area (Å²) in [5.74, 6) is 6.01. The molecule has 0 unspecified atom stereocenters. The van der Waals surface area contributed by atoms with Crippen molar-refractivity contribution in [3.8, 4) is 17.1 Å². The van der Waals surface area contributed by atoms with E-state index >= 15 is 0 Å². The van der Waals surface area contributed by atoms with Gasteiger partial charge in [-0.15, -0.1) is 0 Å². The Labute approximate surface area is 155 Å². The van der Waals surface area contributed by atoms with Crippen LogP contribution >= 0.6 is 0 Å². The third-order valence-electron chi connectivity index (χ3n) is 4.34. The first-order chi connectivity index (χ1) is 13.1. The van der Waals surface area contributed by atoms with Crippen molar-refractivity contribution in [2.45, 2.75) is 13.8 Å². The SMILES string of the molecule is Cc1ccc(-c2nc(C(=O)NN)c3nc(C)n(-c4ccccc4)c3n2)cc1. The van der Waals surface area contributed by atoms with Crippen molar-refractivity contribution < 1.29 is 4.79 Å². The van der Waals surface area contributed by atoms with Gasteiger partial charge in [-0.3, -0.25) is 14.8 Å². The van der Waals surface area contributed by atoms with E-state index in [1.807, 2.05) is 73.0 Å². The lowest BCUT2D eigenvalue weighted by molar-refractivity contribution is 0.0950. The molecule has 0 spiro atoms. The molecule has 0 atom stereocenters. The third-order valence-corrected chi connectivity index (χ3v) is 4.34. The number of benzene rings is 2. The first kappa shape index (κ1) is 16.9. The number of rotatable bonds is 3. The van der Waals surface area contributed by atoms with Crippen LogP contribution < -0.4 is 11.3 Å². The van der Waals surface area contributed by atoms with E-state index in [1.54, 1.807) is 0 Å². The van der Waals surface area contributed by atoms with E-state index in [4.69, 9.17) is 10.8 Å². The molecule has 0 aliphatic heterocycles. The summed E-state index contributed by atoms with van der Waals surface area (Å²) in [5.41, 5.74) is 6.12. The summed E-state index contributed by atoms with van der Waals surface area (Å²) in [4.78, 5) is 26.0. The first-order valence-electron chi connectivity index (χ1n) is 8.49. The van der Waals surface area contributed by atoms with Crippen molar-refractivity contribution in [3.63, 3.8) is 0 Å². The second kappa shape index (κ2) is 6.62. The van der Waals surface area contributed by atoms with Crippen LogP contribution in [0.1, 0.15) is 21.9 Å². The van der Waals surface area contributed by atoms with Crippen LogP contribution in [0.5, 0.6) is 0 Å². The van der Waals surface area contributed by atoms with Crippen LogP contribution in [-0.2, 0) is 0 Å². The zero-order valence-electron chi connectivity index (χ0n) is 15.0. The molecule has 1 amide bonds. The largest absolute Gasteiger partial charge is 0.289 e. The normalized spacial score (nSPS) is 10.9. The number of amides is 1. The predicted molar refractivity (Wildman–Crippen MR) is 103 cm³/mol. The fourth-order valence-corrected chi connectivity index (χ4v) is 3.01. The Morgan fingerprint density at radius 3 is 2.33 bits per heavy atom. The van der Waals surface area contributed by atoms with Crippen LogP contribution in [0, 0.1) is 13.8 Å². The minimum atomic E-state index is -0.506. The van der Waals surface area contributed by atoms with Crippen LogP contribution in [0.25, 0.3) is 28.2 Å². The van der Waals surface area contributed by atoms with Crippen molar-refractivity contribution in [2.75, 3.05) is 0 Å². The van der Waals surface area contributed by atoms with Gasteiger partial charge < -0.3 is 0 Å². The number of hydrazine groups is 1. The zero-order valence-corrected chi connectivity index (χ0v) is 15.0. The van der Waals surface area contributed by atoms with Gasteiger partial charge in [0.15, 0.2) is 17.2 Å². The summed E-state index contributed by atoms with van der Waals surface area (Å²) in [6, 6.07) is 17.6. The highest BCUT2D eigenvalue weighted by Gasteiger charge is 2.21. The number of hydrogen-bond donors (Lipinski definition) is 2. The van der Waals surface area contributed by atoms with E-state index in [0.29, 0.717) is 22.8 Å². The molecule has 0 fully saturated rings. The van der Waals surface area contributed by atoms with Gasteiger partial charge in [0.25, 0.3) is 5.91 Å². The van der Waals surface area contributed by atoms with Crippen molar-refractivity contribution in [3.05, 3.63) is 71.7 Å². The molecule has 2 aromatic heterocycles. The van der Waals surface area contributed by atoms with Gasteiger partial charge in [0.05, 0.1) is 0 Å². The Kier molecular flexibility index (Phi) is 4.13. The van der Waals surface area contributed by atoms with Crippen molar-refractivity contribution in [1.82, 2.24) is 24.9 Å². The molecule has 3 N–H and O–H groups in total. The molecule has 4 aromatic rings. The highest BCUT2D eigenvalue weighted by atomic mass is 16.2. The van der Waals surface area contributed by atoms with E-state index in [2.05, 4.69) is 15.4 Å². The Bertz CT molecular complexity index is 1130. The fraction of sp³-hybridized carbons (Fsp3) is 0.100. The van der Waals surface area contributed by atoms with E-state index < -0.39 is 5.91 Å². The van der Waals surface area contributed by atoms with Crippen LogP contribution in [0.3, 0.4) is 0 Å². The van der Waals surface area contributed by atoms with Crippen LogP contribution in [-0.4, -0.2) is 25.4 Å². The second-order valence-corrected chi connectivity index (χ2v) is 6.24. The number of hydrogen-bond acceptors (Lipinski definition) is 5. The lowest BCUT2D eigenvalue weighted by Crippen LogP contribution is -2.31. The highest BCUT2D eigenvalue weighted by Crippen LogP contribution is 2.25. The monoisotopic (exact) mass is 358 g/mol. The average molecular weight is 358 g/mol. The number of carbonyl (C=O) groups is 1. The molecule has 0 saturated heterocycles. The number of nitrogens with zero attached hydrogens (tertiary/aromatic N) is 4. The second-order valence-electron chi connectivity index (χ2n) is 6.24. The topological polar surface area (TPSA) is 98.7 Å². The minimum Gasteiger partial charge on any atom is -0.289 e. The Morgan fingerprint density at radius 2 is 1.67 bits per heavy atom. The molecule has 0 saturated carbocycles. The van der Waals surface area contributed by atoms with E-state index in [0.717, 1.165) is 16.8 Å². The smallest absolute Gasteiger partial charge is 0.286 e. The molecule has 0 aliphatic carbocycles. The van der Waals surface area contributed by atoms with Crippen LogP contribution in [0.2, 0.25) is 0 Å². The first-order valence-corrected chi connectivity index (χ1v) is 8.49. The number of nitrogens with two attached hydrogens (primary N) is 1. The fourth-order valence-electron chi connectivity index (χ4n) is 3.01. The molecular weight excluding hydrogens is 340 g/mol. The maximum Gasteiger partial charge on any atom is 0.286 e. The van der Waals surface area contributed by atoms with Crippen molar-refractivity contribution >= 4 is 17.1 Å². The quantitative estimate of drug-likeness (QED) is 0.333. The Morgan fingerprint density at radius 1 is 0.963 bits per heavy atom. The summed E-state index contributed by atoms with van der Waals surface area (Å²) in [6.45, 7) is 3.87. The summed E-state index contributed by atoms with van der Waals surface area (Å²) in [5, 5.41) is 0. The van der Waals surface area contributed by atoms with Gasteiger partial charge in [0, 0.05) is 11.3 Å². The molecule has 0 aliphatic rings. The molecule has 0 bridgehead atoms. The van der Waals surface area contributed by atoms with Crippen LogP contribution in [0.15, 0.2) is 54.6 Å². The number of imidazole rings is 1. The maximum atomic E-state index is 12.3. The minimum absolute atomic E-state index is 0.149. The zero-order chi connectivity index (χ0) is 19.0. The lowest BCUT2D eigenvalue weighted by Gasteiger charge is -2.08. The van der Waals surface area contributed by atoms with Gasteiger partial charge in [-0.1, -0.05) is 48.0 Å². The Balaban J connectivity index is 2.04. The van der Waals surface area contributed by atoms with Gasteiger partial charge in [-0.05, 0) is 26.0 Å². The van der Waals surface area contributed by atoms with Crippen LogP contribution in [0.4, 0.5) is 0 Å². The molecule has 4 rings (SSSR count). The van der Waals surface area contributed by atoms with Crippen molar-refractivity contribution in [2.24, 2.45) is 5.84 Å². The van der Waals surface area contributed by atoms with Gasteiger partial charge in [0.2, 0.25) is 0 Å². The average Bonchev–Trinajstić information content (AvgIpc) is 3.03. The number of para-hydroxylation sites is 1. The van der Waals surface area contributed by atoms with E-state index in [-0.39, 0.29) is 5.69 Å². The van der Waals surface area contributed by atoms with Gasteiger partial charge in [0.1, 0.15) is 11.3 Å². The lowest BCUT2D eigenvalue weighted by atomic mass is 10.1. The third kappa shape index (κ3) is 2.94.